The number of nitrogens with zero attached hydrogens (tertiary/aromatic N) is 1. The quantitative estimate of drug-likeness (QED) is 0.870. The lowest BCUT2D eigenvalue weighted by molar-refractivity contribution is 0.165. The highest BCUT2D eigenvalue weighted by molar-refractivity contribution is 6.31. The molecule has 1 aliphatic heterocycles. The van der Waals surface area contributed by atoms with Crippen LogP contribution in [-0.2, 0) is 11.3 Å². The SMILES string of the molecule is Clc1cnc(OCC2CCOC2)cc1CNC1CC1. The Kier molecular flexibility index (Phi) is 4.21. The van der Waals surface area contributed by atoms with Gasteiger partial charge in [-0.15, -0.1) is 0 Å². The van der Waals surface area contributed by atoms with Gasteiger partial charge in [0.2, 0.25) is 5.88 Å². The maximum absolute atomic E-state index is 6.15. The first-order valence-corrected chi connectivity index (χ1v) is 7.27. The summed E-state index contributed by atoms with van der Waals surface area (Å²) in [5, 5.41) is 4.15. The predicted octanol–water partition coefficient (Wildman–Crippen LogP) is 2.40. The Morgan fingerprint density at radius 3 is 3.05 bits per heavy atom. The average Bonchev–Trinajstić information content (AvgIpc) is 3.10. The Morgan fingerprint density at radius 2 is 2.32 bits per heavy atom. The molecule has 1 saturated heterocycles. The molecule has 4 nitrogen and oxygen atoms in total. The summed E-state index contributed by atoms with van der Waals surface area (Å²) in [5.74, 6) is 1.15. The van der Waals surface area contributed by atoms with Crippen LogP contribution >= 0.6 is 11.6 Å². The molecule has 0 aromatic carbocycles. The molecule has 0 spiro atoms. The van der Waals surface area contributed by atoms with Gasteiger partial charge in [0.1, 0.15) is 0 Å². The van der Waals surface area contributed by atoms with E-state index in [0.717, 1.165) is 31.7 Å². The van der Waals surface area contributed by atoms with Crippen molar-refractivity contribution < 1.29 is 9.47 Å². The molecule has 104 valence electrons. The second kappa shape index (κ2) is 6.07. The fourth-order valence-electron chi connectivity index (χ4n) is 2.13. The number of pyridine rings is 1. The molecule has 0 bridgehead atoms. The molecule has 2 aliphatic rings. The second-order valence-corrected chi connectivity index (χ2v) is 5.72. The van der Waals surface area contributed by atoms with Crippen molar-refractivity contribution in [2.45, 2.75) is 31.8 Å². The number of nitrogens with one attached hydrogen (secondary N) is 1. The number of halogens is 1. The summed E-state index contributed by atoms with van der Waals surface area (Å²) in [7, 11) is 0. The van der Waals surface area contributed by atoms with Gasteiger partial charge in [-0.1, -0.05) is 11.6 Å². The molecule has 19 heavy (non-hydrogen) atoms. The number of aromatic nitrogens is 1. The lowest BCUT2D eigenvalue weighted by Gasteiger charge is -2.11. The molecule has 1 aromatic rings. The summed E-state index contributed by atoms with van der Waals surface area (Å²) in [5.41, 5.74) is 1.06. The Balaban J connectivity index is 1.55. The normalized spacial score (nSPS) is 22.7. The molecule has 5 heteroatoms. The van der Waals surface area contributed by atoms with Crippen LogP contribution in [0.1, 0.15) is 24.8 Å². The fourth-order valence-corrected chi connectivity index (χ4v) is 2.30. The van der Waals surface area contributed by atoms with Crippen molar-refractivity contribution in [2.24, 2.45) is 5.92 Å². The third-order valence-corrected chi connectivity index (χ3v) is 3.90. The van der Waals surface area contributed by atoms with Crippen LogP contribution < -0.4 is 10.1 Å². The van der Waals surface area contributed by atoms with E-state index in [9.17, 15) is 0 Å². The Labute approximate surface area is 118 Å². The molecule has 2 fully saturated rings. The van der Waals surface area contributed by atoms with E-state index in [2.05, 4.69) is 10.3 Å². The van der Waals surface area contributed by atoms with E-state index in [1.807, 2.05) is 6.07 Å². The van der Waals surface area contributed by atoms with E-state index in [-0.39, 0.29) is 0 Å². The smallest absolute Gasteiger partial charge is 0.213 e. The van der Waals surface area contributed by atoms with E-state index in [4.69, 9.17) is 21.1 Å². The Morgan fingerprint density at radius 1 is 1.42 bits per heavy atom. The molecule has 1 aliphatic carbocycles. The van der Waals surface area contributed by atoms with Gasteiger partial charge in [-0.3, -0.25) is 0 Å². The van der Waals surface area contributed by atoms with E-state index in [1.54, 1.807) is 6.20 Å². The number of rotatable bonds is 6. The van der Waals surface area contributed by atoms with E-state index in [0.29, 0.717) is 29.5 Å². The molecular weight excluding hydrogens is 264 g/mol. The third-order valence-electron chi connectivity index (χ3n) is 3.56. The molecule has 0 radical (unpaired) electrons. The monoisotopic (exact) mass is 282 g/mol. The van der Waals surface area contributed by atoms with Crippen molar-refractivity contribution in [1.82, 2.24) is 10.3 Å². The van der Waals surface area contributed by atoms with Crippen LogP contribution in [0.3, 0.4) is 0 Å². The largest absolute Gasteiger partial charge is 0.477 e. The Hall–Kier alpha value is -0.840. The summed E-state index contributed by atoms with van der Waals surface area (Å²) in [6.45, 7) is 3.10. The van der Waals surface area contributed by atoms with Crippen LogP contribution in [0.5, 0.6) is 5.88 Å². The standard InChI is InChI=1S/C14H19ClN2O2/c15-13-7-17-14(19-9-10-3-4-18-8-10)5-11(13)6-16-12-1-2-12/h5,7,10,12,16H,1-4,6,8-9H2. The molecular formula is C14H19ClN2O2. The topological polar surface area (TPSA) is 43.4 Å². The summed E-state index contributed by atoms with van der Waals surface area (Å²) < 4.78 is 11.1. The fraction of sp³-hybridized carbons (Fsp3) is 0.643. The molecule has 0 amide bonds. The zero-order valence-electron chi connectivity index (χ0n) is 10.9. The number of hydrogen-bond acceptors (Lipinski definition) is 4. The highest BCUT2D eigenvalue weighted by Gasteiger charge is 2.21. The summed E-state index contributed by atoms with van der Waals surface area (Å²) >= 11 is 6.15. The maximum Gasteiger partial charge on any atom is 0.213 e. The van der Waals surface area contributed by atoms with Crippen molar-refractivity contribution in [3.8, 4) is 5.88 Å². The molecule has 1 atom stereocenters. The van der Waals surface area contributed by atoms with Gasteiger partial charge >= 0.3 is 0 Å². The van der Waals surface area contributed by atoms with Crippen molar-refractivity contribution in [1.29, 1.82) is 0 Å². The van der Waals surface area contributed by atoms with E-state index in [1.165, 1.54) is 12.8 Å². The van der Waals surface area contributed by atoms with Crippen molar-refractivity contribution in [2.75, 3.05) is 19.8 Å². The van der Waals surface area contributed by atoms with Gasteiger partial charge < -0.3 is 14.8 Å². The van der Waals surface area contributed by atoms with Gasteiger partial charge in [0, 0.05) is 37.4 Å². The third kappa shape index (κ3) is 3.81. The molecule has 1 N–H and O–H groups in total. The Bertz CT molecular complexity index is 431. The van der Waals surface area contributed by atoms with Gasteiger partial charge in [0.25, 0.3) is 0 Å². The summed E-state index contributed by atoms with van der Waals surface area (Å²) in [4.78, 5) is 4.22. The lowest BCUT2D eigenvalue weighted by Crippen LogP contribution is -2.16. The van der Waals surface area contributed by atoms with E-state index >= 15 is 0 Å². The minimum absolute atomic E-state index is 0.491. The summed E-state index contributed by atoms with van der Waals surface area (Å²) in [6.07, 6.45) is 5.29. The highest BCUT2D eigenvalue weighted by atomic mass is 35.5. The minimum atomic E-state index is 0.491. The minimum Gasteiger partial charge on any atom is -0.477 e. The lowest BCUT2D eigenvalue weighted by atomic mass is 10.1. The average molecular weight is 283 g/mol. The number of hydrogen-bond donors (Lipinski definition) is 1. The second-order valence-electron chi connectivity index (χ2n) is 5.31. The zero-order chi connectivity index (χ0) is 13.1. The molecule has 1 saturated carbocycles. The van der Waals surface area contributed by atoms with Crippen LogP contribution in [0, 0.1) is 5.92 Å². The van der Waals surface area contributed by atoms with Gasteiger partial charge in [0.15, 0.2) is 0 Å². The number of ether oxygens (including phenoxy) is 2. The van der Waals surface area contributed by atoms with Gasteiger partial charge in [0.05, 0.1) is 18.2 Å². The van der Waals surface area contributed by atoms with Gasteiger partial charge in [-0.05, 0) is 24.8 Å². The molecule has 1 aromatic heterocycles. The predicted molar refractivity (Wildman–Crippen MR) is 73.5 cm³/mol. The van der Waals surface area contributed by atoms with Crippen LogP contribution in [0.2, 0.25) is 5.02 Å². The van der Waals surface area contributed by atoms with Crippen molar-refractivity contribution in [3.05, 3.63) is 22.8 Å². The van der Waals surface area contributed by atoms with Crippen molar-refractivity contribution >= 4 is 11.6 Å². The van der Waals surface area contributed by atoms with Gasteiger partial charge in [-0.2, -0.15) is 0 Å². The van der Waals surface area contributed by atoms with Crippen LogP contribution in [-0.4, -0.2) is 30.8 Å². The van der Waals surface area contributed by atoms with Crippen LogP contribution in [0.15, 0.2) is 12.3 Å². The maximum atomic E-state index is 6.15. The highest BCUT2D eigenvalue weighted by Crippen LogP contribution is 2.23. The van der Waals surface area contributed by atoms with Gasteiger partial charge in [-0.25, -0.2) is 4.98 Å². The van der Waals surface area contributed by atoms with Crippen LogP contribution in [0.25, 0.3) is 0 Å². The van der Waals surface area contributed by atoms with Crippen molar-refractivity contribution in [3.63, 3.8) is 0 Å². The molecule has 3 rings (SSSR count). The first-order valence-electron chi connectivity index (χ1n) is 6.89. The molecule has 1 unspecified atom stereocenters. The zero-order valence-corrected chi connectivity index (χ0v) is 11.7. The first-order chi connectivity index (χ1) is 9.31. The first kappa shape index (κ1) is 13.2. The summed E-state index contributed by atoms with van der Waals surface area (Å²) in [6, 6.07) is 2.61. The molecule has 2 heterocycles. The van der Waals surface area contributed by atoms with Crippen LogP contribution in [0.4, 0.5) is 0 Å². The van der Waals surface area contributed by atoms with E-state index < -0.39 is 0 Å².